The van der Waals surface area contributed by atoms with Gasteiger partial charge >= 0.3 is 5.97 Å². The minimum Gasteiger partial charge on any atom is -0.467 e. The molecule has 0 radical (unpaired) electrons. The molecule has 0 heterocycles. The first-order valence-corrected chi connectivity index (χ1v) is 9.20. The van der Waals surface area contributed by atoms with Crippen molar-refractivity contribution in [2.45, 2.75) is 31.8 Å². The van der Waals surface area contributed by atoms with Crippen LogP contribution in [0.15, 0.2) is 48.5 Å². The smallest absolute Gasteiger partial charge is 0.328 e. The molecular formula is C21H26N4O4. The molecule has 0 spiro atoms. The van der Waals surface area contributed by atoms with E-state index in [0.717, 1.165) is 5.56 Å². The largest absolute Gasteiger partial charge is 0.467 e. The standard InChI is InChI=1S/C21H26N4O4/c1-13(21(28)29-2)24-19(26)15-9-11-16(22)18(12-15)25-20(27)17(23)10-8-14-6-4-3-5-7-14/h3-7,9,11-13,17H,8,10,22-23H2,1-2H3,(H,24,26)(H,25,27)/t13-,17-/m0/s1. The molecule has 0 aliphatic carbocycles. The fraction of sp³-hybridized carbons (Fsp3) is 0.286. The molecule has 2 aromatic rings. The number of nitrogen functional groups attached to an aromatic ring is 1. The maximum atomic E-state index is 12.4. The van der Waals surface area contributed by atoms with Crippen molar-refractivity contribution < 1.29 is 19.1 Å². The van der Waals surface area contributed by atoms with Crippen LogP contribution < -0.4 is 22.1 Å². The Morgan fingerprint density at radius 3 is 2.45 bits per heavy atom. The first kappa shape index (κ1) is 21.9. The van der Waals surface area contributed by atoms with Crippen molar-refractivity contribution in [1.82, 2.24) is 5.32 Å². The van der Waals surface area contributed by atoms with Gasteiger partial charge in [-0.15, -0.1) is 0 Å². The molecule has 0 saturated heterocycles. The Balaban J connectivity index is 2.00. The molecule has 0 aromatic heterocycles. The molecule has 154 valence electrons. The number of esters is 1. The highest BCUT2D eigenvalue weighted by molar-refractivity contribution is 6.01. The summed E-state index contributed by atoms with van der Waals surface area (Å²) in [6.45, 7) is 1.51. The molecule has 0 fully saturated rings. The Hall–Kier alpha value is -3.39. The van der Waals surface area contributed by atoms with Gasteiger partial charge in [-0.1, -0.05) is 30.3 Å². The number of ether oxygens (including phenoxy) is 1. The number of hydrogen-bond donors (Lipinski definition) is 4. The third kappa shape index (κ3) is 6.32. The lowest BCUT2D eigenvalue weighted by Gasteiger charge is -2.15. The van der Waals surface area contributed by atoms with Gasteiger partial charge in [0.2, 0.25) is 5.91 Å². The Kier molecular flexibility index (Phi) is 7.73. The van der Waals surface area contributed by atoms with Gasteiger partial charge in [0, 0.05) is 5.56 Å². The van der Waals surface area contributed by atoms with Crippen molar-refractivity contribution in [1.29, 1.82) is 0 Å². The van der Waals surface area contributed by atoms with Crippen LogP contribution in [-0.4, -0.2) is 37.0 Å². The molecule has 0 bridgehead atoms. The van der Waals surface area contributed by atoms with Crippen LogP contribution in [0.1, 0.15) is 29.3 Å². The maximum Gasteiger partial charge on any atom is 0.328 e. The summed E-state index contributed by atoms with van der Waals surface area (Å²) in [6.07, 6.45) is 1.13. The molecule has 2 rings (SSSR count). The molecule has 2 amide bonds. The molecule has 2 aromatic carbocycles. The van der Waals surface area contributed by atoms with E-state index in [4.69, 9.17) is 11.5 Å². The van der Waals surface area contributed by atoms with E-state index in [9.17, 15) is 14.4 Å². The third-order valence-corrected chi connectivity index (χ3v) is 4.40. The van der Waals surface area contributed by atoms with Gasteiger partial charge in [-0.2, -0.15) is 0 Å². The van der Waals surface area contributed by atoms with E-state index in [1.54, 1.807) is 0 Å². The zero-order valence-corrected chi connectivity index (χ0v) is 16.5. The molecule has 0 saturated carbocycles. The maximum absolute atomic E-state index is 12.4. The van der Waals surface area contributed by atoms with E-state index >= 15 is 0 Å². The molecule has 29 heavy (non-hydrogen) atoms. The number of amides is 2. The highest BCUT2D eigenvalue weighted by atomic mass is 16.5. The van der Waals surface area contributed by atoms with Crippen molar-refractivity contribution in [3.63, 3.8) is 0 Å². The van der Waals surface area contributed by atoms with Gasteiger partial charge in [0.05, 0.1) is 24.5 Å². The molecule has 8 heteroatoms. The second kappa shape index (κ2) is 10.2. The lowest BCUT2D eigenvalue weighted by Crippen LogP contribution is -2.39. The summed E-state index contributed by atoms with van der Waals surface area (Å²) in [4.78, 5) is 36.2. The van der Waals surface area contributed by atoms with Gasteiger partial charge in [0.15, 0.2) is 0 Å². The van der Waals surface area contributed by atoms with Gasteiger partial charge in [0.25, 0.3) is 5.91 Å². The quantitative estimate of drug-likeness (QED) is 0.392. The summed E-state index contributed by atoms with van der Waals surface area (Å²) >= 11 is 0. The Morgan fingerprint density at radius 2 is 1.79 bits per heavy atom. The molecule has 8 nitrogen and oxygen atoms in total. The van der Waals surface area contributed by atoms with E-state index < -0.39 is 29.9 Å². The molecule has 0 unspecified atom stereocenters. The van der Waals surface area contributed by atoms with E-state index in [1.807, 2.05) is 30.3 Å². The highest BCUT2D eigenvalue weighted by Crippen LogP contribution is 2.21. The fourth-order valence-corrected chi connectivity index (χ4v) is 2.64. The summed E-state index contributed by atoms with van der Waals surface area (Å²) < 4.78 is 4.58. The summed E-state index contributed by atoms with van der Waals surface area (Å²) in [6, 6.07) is 12.6. The number of nitrogens with one attached hydrogen (secondary N) is 2. The normalized spacial score (nSPS) is 12.5. The van der Waals surface area contributed by atoms with Crippen LogP contribution in [0.3, 0.4) is 0 Å². The minimum atomic E-state index is -0.811. The van der Waals surface area contributed by atoms with E-state index in [-0.39, 0.29) is 11.3 Å². The number of rotatable bonds is 8. The lowest BCUT2D eigenvalue weighted by atomic mass is 10.0. The fourth-order valence-electron chi connectivity index (χ4n) is 2.64. The number of benzene rings is 2. The lowest BCUT2D eigenvalue weighted by molar-refractivity contribution is -0.142. The van der Waals surface area contributed by atoms with Crippen molar-refractivity contribution in [3.05, 3.63) is 59.7 Å². The average Bonchev–Trinajstić information content (AvgIpc) is 2.73. The zero-order chi connectivity index (χ0) is 21.4. The predicted molar refractivity (Wildman–Crippen MR) is 111 cm³/mol. The van der Waals surface area contributed by atoms with E-state index in [2.05, 4.69) is 15.4 Å². The van der Waals surface area contributed by atoms with E-state index in [0.29, 0.717) is 18.5 Å². The van der Waals surface area contributed by atoms with Crippen LogP contribution >= 0.6 is 0 Å². The summed E-state index contributed by atoms with van der Waals surface area (Å²) in [5.41, 5.74) is 13.8. The third-order valence-electron chi connectivity index (χ3n) is 4.40. The first-order valence-electron chi connectivity index (χ1n) is 9.20. The SMILES string of the molecule is COC(=O)[C@H](C)NC(=O)c1ccc(N)c(NC(=O)[C@@H](N)CCc2ccccc2)c1. The summed E-state index contributed by atoms with van der Waals surface area (Å²) in [7, 11) is 1.24. The topological polar surface area (TPSA) is 137 Å². The molecule has 6 N–H and O–H groups in total. The number of carbonyl (C=O) groups excluding carboxylic acids is 3. The minimum absolute atomic E-state index is 0.239. The van der Waals surface area contributed by atoms with Gasteiger partial charge in [-0.3, -0.25) is 9.59 Å². The molecule has 0 aliphatic rings. The van der Waals surface area contributed by atoms with Crippen LogP contribution in [0.5, 0.6) is 0 Å². The van der Waals surface area contributed by atoms with Crippen LogP contribution in [-0.2, 0) is 20.7 Å². The number of nitrogens with two attached hydrogens (primary N) is 2. The van der Waals surface area contributed by atoms with Crippen LogP contribution in [0.2, 0.25) is 0 Å². The summed E-state index contributed by atoms with van der Waals surface area (Å²) in [5, 5.41) is 5.18. The monoisotopic (exact) mass is 398 g/mol. The molecule has 0 aliphatic heterocycles. The number of anilines is 2. The van der Waals surface area contributed by atoms with E-state index in [1.165, 1.54) is 32.2 Å². The Bertz CT molecular complexity index is 870. The van der Waals surface area contributed by atoms with Crippen molar-refractivity contribution in [2.75, 3.05) is 18.2 Å². The molecule has 2 atom stereocenters. The van der Waals surface area contributed by atoms with Crippen molar-refractivity contribution >= 4 is 29.2 Å². The number of aryl methyl sites for hydroxylation is 1. The van der Waals surface area contributed by atoms with Gasteiger partial charge in [-0.25, -0.2) is 4.79 Å². The second-order valence-corrected chi connectivity index (χ2v) is 6.64. The number of hydrogen-bond acceptors (Lipinski definition) is 6. The molecular weight excluding hydrogens is 372 g/mol. The average molecular weight is 398 g/mol. The van der Waals surface area contributed by atoms with Gasteiger partial charge in [0.1, 0.15) is 6.04 Å². The van der Waals surface area contributed by atoms with Crippen molar-refractivity contribution in [2.24, 2.45) is 5.73 Å². The first-order chi connectivity index (χ1) is 13.8. The van der Waals surface area contributed by atoms with Gasteiger partial charge < -0.3 is 26.8 Å². The predicted octanol–water partition coefficient (Wildman–Crippen LogP) is 1.46. The van der Waals surface area contributed by atoms with Crippen LogP contribution in [0, 0.1) is 0 Å². The van der Waals surface area contributed by atoms with Crippen LogP contribution in [0.4, 0.5) is 11.4 Å². The second-order valence-electron chi connectivity index (χ2n) is 6.64. The summed E-state index contributed by atoms with van der Waals surface area (Å²) in [5.74, 6) is -1.45. The highest BCUT2D eigenvalue weighted by Gasteiger charge is 2.19. The van der Waals surface area contributed by atoms with Crippen molar-refractivity contribution in [3.8, 4) is 0 Å². The Morgan fingerprint density at radius 1 is 1.10 bits per heavy atom. The van der Waals surface area contributed by atoms with Crippen LogP contribution in [0.25, 0.3) is 0 Å². The number of methoxy groups -OCH3 is 1. The zero-order valence-electron chi connectivity index (χ0n) is 16.5. The Labute approximate surface area is 169 Å². The van der Waals surface area contributed by atoms with Gasteiger partial charge in [-0.05, 0) is 43.5 Å². The number of carbonyl (C=O) groups is 3.